The highest BCUT2D eigenvalue weighted by Gasteiger charge is 2.18. The third-order valence-corrected chi connectivity index (χ3v) is 4.50. The zero-order chi connectivity index (χ0) is 19.5. The summed E-state index contributed by atoms with van der Waals surface area (Å²) in [6.07, 6.45) is 19.0. The lowest BCUT2D eigenvalue weighted by Crippen LogP contribution is -2.40. The fraction of sp³-hybridized carbons (Fsp3) is 0.810. The topological polar surface area (TPSA) is 92.4 Å². The van der Waals surface area contributed by atoms with E-state index in [1.54, 1.807) is 0 Å². The summed E-state index contributed by atoms with van der Waals surface area (Å²) in [5.74, 6) is -1.15. The lowest BCUT2D eigenvalue weighted by molar-refractivity contribution is -0.142. The van der Waals surface area contributed by atoms with Crippen molar-refractivity contribution in [1.82, 2.24) is 5.32 Å². The van der Waals surface area contributed by atoms with E-state index >= 15 is 0 Å². The van der Waals surface area contributed by atoms with Gasteiger partial charge in [0.25, 0.3) is 0 Å². The Hall–Kier alpha value is -1.36. The number of carbonyl (C=O) groups excluding carboxylic acids is 1. The number of hydrogen-bond acceptors (Lipinski definition) is 3. The highest BCUT2D eigenvalue weighted by molar-refractivity contribution is 5.83. The maximum absolute atomic E-state index is 11.8. The van der Waals surface area contributed by atoms with E-state index in [-0.39, 0.29) is 5.91 Å². The molecule has 0 aromatic heterocycles. The molecule has 0 saturated heterocycles. The monoisotopic (exact) mass is 368 g/mol. The molecule has 0 aliphatic rings. The summed E-state index contributed by atoms with van der Waals surface area (Å²) >= 11 is 0. The molecule has 0 aliphatic heterocycles. The summed E-state index contributed by atoms with van der Waals surface area (Å²) in [6.45, 7) is 2.67. The molecule has 0 aromatic rings. The molecule has 0 saturated carbocycles. The number of carboxylic acids is 1. The van der Waals surface area contributed by atoms with Crippen LogP contribution in [-0.2, 0) is 9.59 Å². The molecule has 0 heterocycles. The van der Waals surface area contributed by atoms with Gasteiger partial charge in [0.1, 0.15) is 6.04 Å². The largest absolute Gasteiger partial charge is 0.480 e. The van der Waals surface area contributed by atoms with Crippen LogP contribution < -0.4 is 11.1 Å². The number of amides is 1. The standard InChI is InChI=1S/C21H40N2O3/c1-2-3-4-5-6-7-8-9-10-11-12-13-14-17-20(24)23-19(21(25)26)16-15-18-22/h7-8,19H,2-6,9-18,22H2,1H3,(H,23,24)(H,25,26)/b8-7-/t19-/m0/s1. The van der Waals surface area contributed by atoms with Gasteiger partial charge in [-0.1, -0.05) is 57.6 Å². The van der Waals surface area contributed by atoms with Crippen molar-refractivity contribution in [3.8, 4) is 0 Å². The van der Waals surface area contributed by atoms with Gasteiger partial charge in [-0.2, -0.15) is 0 Å². The van der Waals surface area contributed by atoms with Gasteiger partial charge in [-0.05, 0) is 51.5 Å². The van der Waals surface area contributed by atoms with Crippen molar-refractivity contribution in [1.29, 1.82) is 0 Å². The van der Waals surface area contributed by atoms with Gasteiger partial charge >= 0.3 is 5.97 Å². The number of unbranched alkanes of at least 4 members (excludes halogenated alkanes) is 9. The Bertz CT molecular complexity index is 383. The zero-order valence-electron chi connectivity index (χ0n) is 16.7. The summed E-state index contributed by atoms with van der Waals surface area (Å²) < 4.78 is 0. The molecular formula is C21H40N2O3. The number of nitrogens with one attached hydrogen (secondary N) is 1. The molecule has 26 heavy (non-hydrogen) atoms. The fourth-order valence-electron chi connectivity index (χ4n) is 2.85. The number of aliphatic carboxylic acids is 1. The van der Waals surface area contributed by atoms with Crippen LogP contribution in [0.4, 0.5) is 0 Å². The summed E-state index contributed by atoms with van der Waals surface area (Å²) in [5, 5.41) is 11.7. The Morgan fingerprint density at radius 1 is 0.923 bits per heavy atom. The number of rotatable bonds is 18. The van der Waals surface area contributed by atoms with Crippen LogP contribution in [0.2, 0.25) is 0 Å². The lowest BCUT2D eigenvalue weighted by Gasteiger charge is -2.13. The van der Waals surface area contributed by atoms with Crippen molar-refractivity contribution in [2.24, 2.45) is 5.73 Å². The third-order valence-electron chi connectivity index (χ3n) is 4.50. The highest BCUT2D eigenvalue weighted by atomic mass is 16.4. The van der Waals surface area contributed by atoms with Crippen LogP contribution in [0.25, 0.3) is 0 Å². The van der Waals surface area contributed by atoms with Gasteiger partial charge in [-0.25, -0.2) is 4.79 Å². The first-order valence-electron chi connectivity index (χ1n) is 10.5. The third kappa shape index (κ3) is 16.1. The Balaban J connectivity index is 3.52. The van der Waals surface area contributed by atoms with Crippen LogP contribution in [0, 0.1) is 0 Å². The van der Waals surface area contributed by atoms with Crippen molar-refractivity contribution < 1.29 is 14.7 Å². The summed E-state index contributed by atoms with van der Waals surface area (Å²) in [5.41, 5.74) is 5.39. The van der Waals surface area contributed by atoms with Crippen LogP contribution in [-0.4, -0.2) is 29.6 Å². The molecule has 0 radical (unpaired) electrons. The number of carbonyl (C=O) groups is 2. The molecule has 0 bridgehead atoms. The summed E-state index contributed by atoms with van der Waals surface area (Å²) in [4.78, 5) is 22.9. The second-order valence-electron chi connectivity index (χ2n) is 7.02. The smallest absolute Gasteiger partial charge is 0.326 e. The quantitative estimate of drug-likeness (QED) is 0.244. The molecule has 0 rings (SSSR count). The second kappa shape index (κ2) is 18.4. The molecule has 0 unspecified atom stereocenters. The lowest BCUT2D eigenvalue weighted by atomic mass is 10.1. The predicted octanol–water partition coefficient (Wildman–Crippen LogP) is 4.55. The van der Waals surface area contributed by atoms with Crippen LogP contribution in [0.3, 0.4) is 0 Å². The Kier molecular flexibility index (Phi) is 17.5. The van der Waals surface area contributed by atoms with E-state index in [9.17, 15) is 9.59 Å². The van der Waals surface area contributed by atoms with Crippen molar-refractivity contribution in [2.75, 3.05) is 6.54 Å². The summed E-state index contributed by atoms with van der Waals surface area (Å²) in [6, 6.07) is -0.806. The van der Waals surface area contributed by atoms with Crippen LogP contribution in [0.15, 0.2) is 12.2 Å². The minimum absolute atomic E-state index is 0.166. The molecule has 0 spiro atoms. The zero-order valence-corrected chi connectivity index (χ0v) is 16.7. The van der Waals surface area contributed by atoms with E-state index in [0.717, 1.165) is 25.7 Å². The Morgan fingerprint density at radius 2 is 1.50 bits per heavy atom. The van der Waals surface area contributed by atoms with Gasteiger partial charge in [0.15, 0.2) is 0 Å². The Labute approximate surface area is 159 Å². The molecule has 1 amide bonds. The molecular weight excluding hydrogens is 328 g/mol. The molecule has 5 heteroatoms. The molecule has 0 aromatic carbocycles. The molecule has 0 fully saturated rings. The average molecular weight is 369 g/mol. The van der Waals surface area contributed by atoms with Crippen molar-refractivity contribution >= 4 is 11.9 Å². The highest BCUT2D eigenvalue weighted by Crippen LogP contribution is 2.09. The summed E-state index contributed by atoms with van der Waals surface area (Å²) in [7, 11) is 0. The molecule has 4 N–H and O–H groups in total. The van der Waals surface area contributed by atoms with E-state index in [4.69, 9.17) is 10.8 Å². The number of nitrogens with two attached hydrogens (primary N) is 1. The first-order chi connectivity index (χ1) is 12.6. The van der Waals surface area contributed by atoms with Gasteiger partial charge in [0.2, 0.25) is 5.91 Å². The van der Waals surface area contributed by atoms with Gasteiger partial charge in [-0.15, -0.1) is 0 Å². The van der Waals surface area contributed by atoms with E-state index in [2.05, 4.69) is 24.4 Å². The number of allylic oxidation sites excluding steroid dienone is 2. The van der Waals surface area contributed by atoms with Gasteiger partial charge in [0.05, 0.1) is 0 Å². The van der Waals surface area contributed by atoms with E-state index < -0.39 is 12.0 Å². The molecule has 152 valence electrons. The van der Waals surface area contributed by atoms with Crippen molar-refractivity contribution in [3.63, 3.8) is 0 Å². The molecule has 0 aliphatic carbocycles. The maximum atomic E-state index is 11.8. The van der Waals surface area contributed by atoms with E-state index in [0.29, 0.717) is 25.8 Å². The first-order valence-corrected chi connectivity index (χ1v) is 10.5. The average Bonchev–Trinajstić information content (AvgIpc) is 2.62. The van der Waals surface area contributed by atoms with Crippen molar-refractivity contribution in [2.45, 2.75) is 103 Å². The molecule has 1 atom stereocenters. The van der Waals surface area contributed by atoms with Crippen LogP contribution >= 0.6 is 0 Å². The maximum Gasteiger partial charge on any atom is 0.326 e. The first kappa shape index (κ1) is 24.6. The van der Waals surface area contributed by atoms with Crippen LogP contribution in [0.1, 0.15) is 96.8 Å². The van der Waals surface area contributed by atoms with Gasteiger partial charge in [0, 0.05) is 6.42 Å². The predicted molar refractivity (Wildman–Crippen MR) is 108 cm³/mol. The van der Waals surface area contributed by atoms with E-state index in [1.165, 1.54) is 44.9 Å². The Morgan fingerprint density at radius 3 is 2.08 bits per heavy atom. The van der Waals surface area contributed by atoms with Crippen molar-refractivity contribution in [3.05, 3.63) is 12.2 Å². The molecule has 5 nitrogen and oxygen atoms in total. The SMILES string of the molecule is CCCCCC/C=C\CCCCCCCC(=O)N[C@@H](CCCN)C(=O)O. The van der Waals surface area contributed by atoms with Gasteiger partial charge < -0.3 is 16.2 Å². The number of carboxylic acid groups (broad SMARTS) is 1. The fourth-order valence-corrected chi connectivity index (χ4v) is 2.85. The van der Waals surface area contributed by atoms with Crippen LogP contribution in [0.5, 0.6) is 0 Å². The van der Waals surface area contributed by atoms with E-state index in [1.807, 2.05) is 0 Å². The minimum atomic E-state index is -0.981. The second-order valence-corrected chi connectivity index (χ2v) is 7.02. The minimum Gasteiger partial charge on any atom is -0.480 e. The van der Waals surface area contributed by atoms with Gasteiger partial charge in [-0.3, -0.25) is 4.79 Å². The normalized spacial score (nSPS) is 12.4. The number of hydrogen-bond donors (Lipinski definition) is 3.